The molecule has 0 saturated carbocycles. The number of thiophene rings is 1. The van der Waals surface area contributed by atoms with Crippen LogP contribution in [-0.2, 0) is 6.54 Å². The molecule has 0 atom stereocenters. The second-order valence-electron chi connectivity index (χ2n) is 6.83. The van der Waals surface area contributed by atoms with E-state index < -0.39 is 0 Å². The smallest absolute Gasteiger partial charge is 0.264 e. The molecule has 3 aromatic rings. The van der Waals surface area contributed by atoms with Gasteiger partial charge in [0.05, 0.1) is 17.1 Å². The van der Waals surface area contributed by atoms with Crippen molar-refractivity contribution in [3.05, 3.63) is 51.5 Å². The fraction of sp³-hybridized carbons (Fsp3) is 0.368. The lowest BCUT2D eigenvalue weighted by molar-refractivity contribution is 0.0720. The van der Waals surface area contributed by atoms with Gasteiger partial charge in [0.1, 0.15) is 4.83 Å². The Balaban J connectivity index is 1.61. The summed E-state index contributed by atoms with van der Waals surface area (Å²) >= 11 is 7.49. The van der Waals surface area contributed by atoms with Gasteiger partial charge in [0.15, 0.2) is 0 Å². The van der Waals surface area contributed by atoms with Crippen molar-refractivity contribution in [1.29, 1.82) is 0 Å². The SMILES string of the molecule is Cc1nn(Cc2ccc(Cl)cc2)c2sc(C(=O)N3CCC(N)CC3)cc12. The summed E-state index contributed by atoms with van der Waals surface area (Å²) in [4.78, 5) is 16.6. The minimum absolute atomic E-state index is 0.107. The molecule has 5 nitrogen and oxygen atoms in total. The van der Waals surface area contributed by atoms with E-state index in [2.05, 4.69) is 5.10 Å². The van der Waals surface area contributed by atoms with Gasteiger partial charge in [0, 0.05) is 29.5 Å². The van der Waals surface area contributed by atoms with Crippen molar-refractivity contribution in [1.82, 2.24) is 14.7 Å². The number of hydrogen-bond donors (Lipinski definition) is 1. The molecule has 0 radical (unpaired) electrons. The molecule has 136 valence electrons. The molecule has 7 heteroatoms. The standard InChI is InChI=1S/C19H21ClN4OS/c1-12-16-10-17(18(25)23-8-6-15(21)7-9-23)26-19(16)24(22-12)11-13-2-4-14(20)5-3-13/h2-5,10,15H,6-9,11,21H2,1H3. The zero-order valence-corrected chi connectivity index (χ0v) is 16.2. The summed E-state index contributed by atoms with van der Waals surface area (Å²) < 4.78 is 1.97. The van der Waals surface area contributed by atoms with Gasteiger partial charge in [-0.15, -0.1) is 11.3 Å². The predicted octanol–water partition coefficient (Wildman–Crippen LogP) is 3.67. The first-order valence-corrected chi connectivity index (χ1v) is 9.97. The van der Waals surface area contributed by atoms with Gasteiger partial charge in [-0.3, -0.25) is 9.48 Å². The minimum atomic E-state index is 0.107. The highest BCUT2D eigenvalue weighted by Gasteiger charge is 2.24. The molecular formula is C19H21ClN4OS. The van der Waals surface area contributed by atoms with Crippen molar-refractivity contribution < 1.29 is 4.79 Å². The van der Waals surface area contributed by atoms with Crippen LogP contribution in [0.25, 0.3) is 10.2 Å². The molecule has 0 aliphatic carbocycles. The Bertz CT molecular complexity index is 939. The van der Waals surface area contributed by atoms with Crippen molar-refractivity contribution in [2.75, 3.05) is 13.1 Å². The molecule has 0 spiro atoms. The number of fused-ring (bicyclic) bond motifs is 1. The number of nitrogens with zero attached hydrogens (tertiary/aromatic N) is 3. The molecule has 1 aromatic carbocycles. The molecular weight excluding hydrogens is 368 g/mol. The van der Waals surface area contributed by atoms with E-state index in [-0.39, 0.29) is 11.9 Å². The maximum Gasteiger partial charge on any atom is 0.264 e. The predicted molar refractivity (Wildman–Crippen MR) is 106 cm³/mol. The van der Waals surface area contributed by atoms with Crippen molar-refractivity contribution in [2.45, 2.75) is 32.4 Å². The summed E-state index contributed by atoms with van der Waals surface area (Å²) in [5, 5.41) is 6.42. The highest BCUT2D eigenvalue weighted by atomic mass is 35.5. The largest absolute Gasteiger partial charge is 0.338 e. The van der Waals surface area contributed by atoms with Crippen LogP contribution in [0, 0.1) is 6.92 Å². The highest BCUT2D eigenvalue weighted by Crippen LogP contribution is 2.30. The number of carbonyl (C=O) groups excluding carboxylic acids is 1. The second-order valence-corrected chi connectivity index (χ2v) is 8.30. The topological polar surface area (TPSA) is 64.2 Å². The van der Waals surface area contributed by atoms with Gasteiger partial charge in [0.2, 0.25) is 0 Å². The zero-order chi connectivity index (χ0) is 18.3. The Morgan fingerprint density at radius 2 is 2.00 bits per heavy atom. The molecule has 1 aliphatic heterocycles. The average Bonchev–Trinajstić information content (AvgIpc) is 3.19. The Labute approximate surface area is 161 Å². The van der Waals surface area contributed by atoms with Crippen LogP contribution in [0.5, 0.6) is 0 Å². The summed E-state index contributed by atoms with van der Waals surface area (Å²) in [6, 6.07) is 9.97. The summed E-state index contributed by atoms with van der Waals surface area (Å²) in [6.45, 7) is 4.13. The van der Waals surface area contributed by atoms with Crippen LogP contribution in [0.15, 0.2) is 30.3 Å². The fourth-order valence-electron chi connectivity index (χ4n) is 3.35. The molecule has 1 aliphatic rings. The maximum atomic E-state index is 12.8. The fourth-order valence-corrected chi connectivity index (χ4v) is 4.60. The third kappa shape index (κ3) is 3.37. The van der Waals surface area contributed by atoms with Crippen LogP contribution in [0.1, 0.15) is 33.8 Å². The highest BCUT2D eigenvalue weighted by molar-refractivity contribution is 7.20. The number of piperidine rings is 1. The summed E-state index contributed by atoms with van der Waals surface area (Å²) in [6.07, 6.45) is 1.75. The van der Waals surface area contributed by atoms with Crippen molar-refractivity contribution in [2.24, 2.45) is 5.73 Å². The first-order valence-electron chi connectivity index (χ1n) is 8.77. The number of carbonyl (C=O) groups is 1. The summed E-state index contributed by atoms with van der Waals surface area (Å²) in [5.41, 5.74) is 8.03. The molecule has 0 bridgehead atoms. The van der Waals surface area contributed by atoms with Crippen molar-refractivity contribution in [3.8, 4) is 0 Å². The number of aryl methyl sites for hydroxylation is 1. The molecule has 1 saturated heterocycles. The molecule has 2 aromatic heterocycles. The van der Waals surface area contributed by atoms with E-state index in [1.165, 1.54) is 11.3 Å². The van der Waals surface area contributed by atoms with Crippen LogP contribution in [0.2, 0.25) is 5.02 Å². The lowest BCUT2D eigenvalue weighted by atomic mass is 10.1. The molecule has 0 unspecified atom stereocenters. The van der Waals surface area contributed by atoms with Gasteiger partial charge in [0.25, 0.3) is 5.91 Å². The number of amides is 1. The van der Waals surface area contributed by atoms with Gasteiger partial charge in [-0.1, -0.05) is 23.7 Å². The number of aromatic nitrogens is 2. The third-order valence-electron chi connectivity index (χ3n) is 4.89. The number of halogens is 1. The quantitative estimate of drug-likeness (QED) is 0.744. The van der Waals surface area contributed by atoms with E-state index in [0.29, 0.717) is 6.54 Å². The van der Waals surface area contributed by atoms with Gasteiger partial charge >= 0.3 is 0 Å². The monoisotopic (exact) mass is 388 g/mol. The van der Waals surface area contributed by atoms with E-state index in [1.54, 1.807) is 0 Å². The van der Waals surface area contributed by atoms with Gasteiger partial charge in [-0.25, -0.2) is 0 Å². The Morgan fingerprint density at radius 1 is 1.31 bits per heavy atom. The first-order chi connectivity index (χ1) is 12.5. The van der Waals surface area contributed by atoms with E-state index >= 15 is 0 Å². The lowest BCUT2D eigenvalue weighted by Gasteiger charge is -2.29. The zero-order valence-electron chi connectivity index (χ0n) is 14.6. The normalized spacial score (nSPS) is 15.7. The Morgan fingerprint density at radius 3 is 2.69 bits per heavy atom. The number of nitrogens with two attached hydrogens (primary N) is 1. The van der Waals surface area contributed by atoms with E-state index in [1.807, 2.05) is 46.8 Å². The van der Waals surface area contributed by atoms with Crippen LogP contribution in [-0.4, -0.2) is 39.7 Å². The van der Waals surface area contributed by atoms with Crippen LogP contribution < -0.4 is 5.73 Å². The molecule has 1 fully saturated rings. The van der Waals surface area contributed by atoms with Gasteiger partial charge < -0.3 is 10.6 Å². The van der Waals surface area contributed by atoms with E-state index in [0.717, 1.165) is 57.3 Å². The first kappa shape index (κ1) is 17.5. The molecule has 4 rings (SSSR count). The average molecular weight is 389 g/mol. The summed E-state index contributed by atoms with van der Waals surface area (Å²) in [5.74, 6) is 0.107. The molecule has 3 heterocycles. The van der Waals surface area contributed by atoms with E-state index in [9.17, 15) is 4.79 Å². The Hall–Kier alpha value is -1.89. The van der Waals surface area contributed by atoms with E-state index in [4.69, 9.17) is 17.3 Å². The van der Waals surface area contributed by atoms with Gasteiger partial charge in [-0.2, -0.15) is 5.10 Å². The minimum Gasteiger partial charge on any atom is -0.338 e. The lowest BCUT2D eigenvalue weighted by Crippen LogP contribution is -2.42. The Kier molecular flexibility index (Phi) is 4.73. The molecule has 26 heavy (non-hydrogen) atoms. The molecule has 2 N–H and O–H groups in total. The number of rotatable bonds is 3. The van der Waals surface area contributed by atoms with Gasteiger partial charge in [-0.05, 0) is 43.5 Å². The third-order valence-corrected chi connectivity index (χ3v) is 6.28. The van der Waals surface area contributed by atoms with Crippen LogP contribution in [0.4, 0.5) is 0 Å². The second kappa shape index (κ2) is 7.02. The van der Waals surface area contributed by atoms with Crippen molar-refractivity contribution in [3.63, 3.8) is 0 Å². The number of hydrogen-bond acceptors (Lipinski definition) is 4. The van der Waals surface area contributed by atoms with Crippen molar-refractivity contribution >= 4 is 39.1 Å². The molecule has 1 amide bonds. The summed E-state index contributed by atoms with van der Waals surface area (Å²) in [7, 11) is 0. The van der Waals surface area contributed by atoms with Crippen LogP contribution in [0.3, 0.4) is 0 Å². The maximum absolute atomic E-state index is 12.8. The van der Waals surface area contributed by atoms with Crippen LogP contribution >= 0.6 is 22.9 Å². The number of benzene rings is 1. The number of likely N-dealkylation sites (tertiary alicyclic amines) is 1.